The van der Waals surface area contributed by atoms with Crippen molar-refractivity contribution in [1.29, 1.82) is 0 Å². The Bertz CT molecular complexity index is 1680. The molecule has 4 rings (SSSR count). The van der Waals surface area contributed by atoms with Crippen LogP contribution in [0.1, 0.15) is 27.1 Å². The van der Waals surface area contributed by atoms with Gasteiger partial charge < -0.3 is 15.2 Å². The first kappa shape index (κ1) is 33.9. The average Bonchev–Trinajstić information content (AvgIpc) is 3.06. The van der Waals surface area contributed by atoms with Crippen molar-refractivity contribution in [2.75, 3.05) is 19.1 Å². The first-order chi connectivity index (χ1) is 21.6. The minimum absolute atomic E-state index is 0.0480. The van der Waals surface area contributed by atoms with Crippen molar-refractivity contribution in [2.45, 2.75) is 12.5 Å². The normalized spacial score (nSPS) is 10.9. The monoisotopic (exact) mass is 631 g/mol. The van der Waals surface area contributed by atoms with Gasteiger partial charge in [-0.15, -0.1) is 0 Å². The molecule has 4 aromatic carbocycles. The SMILES string of the molecule is COC(=O)C(CCSC)NC(=O)c1ccc([N+](=O)[O-])cc1-c1ccccc1.O=C(O)c1ccc([N+](=O)[O-])cc1-c1ccccc1. The van der Waals surface area contributed by atoms with Crippen molar-refractivity contribution < 1.29 is 34.1 Å². The molecule has 13 heteroatoms. The number of esters is 1. The number of nitro benzene ring substituents is 2. The van der Waals surface area contributed by atoms with E-state index in [1.807, 2.05) is 12.3 Å². The quantitative estimate of drug-likeness (QED) is 0.109. The second-order valence-corrected chi connectivity index (χ2v) is 10.3. The lowest BCUT2D eigenvalue weighted by Gasteiger charge is -2.17. The molecule has 232 valence electrons. The Morgan fingerprint density at radius 2 is 1.27 bits per heavy atom. The van der Waals surface area contributed by atoms with Crippen molar-refractivity contribution in [3.05, 3.63) is 128 Å². The number of rotatable bonds is 11. The predicted molar refractivity (Wildman–Crippen MR) is 170 cm³/mol. The molecule has 0 saturated carbocycles. The van der Waals surface area contributed by atoms with Crippen LogP contribution >= 0.6 is 11.8 Å². The van der Waals surface area contributed by atoms with Gasteiger partial charge in [0.1, 0.15) is 6.04 Å². The molecule has 0 bridgehead atoms. The van der Waals surface area contributed by atoms with Crippen LogP contribution in [0.2, 0.25) is 0 Å². The summed E-state index contributed by atoms with van der Waals surface area (Å²) in [5.41, 5.74) is 2.14. The summed E-state index contributed by atoms with van der Waals surface area (Å²) in [7, 11) is 1.27. The molecule has 0 aliphatic carbocycles. The number of carbonyl (C=O) groups is 3. The number of thioether (sulfide) groups is 1. The van der Waals surface area contributed by atoms with E-state index in [2.05, 4.69) is 5.32 Å². The van der Waals surface area contributed by atoms with Gasteiger partial charge in [0.15, 0.2) is 0 Å². The number of methoxy groups -OCH3 is 1. The first-order valence-electron chi connectivity index (χ1n) is 13.4. The average molecular weight is 632 g/mol. The summed E-state index contributed by atoms with van der Waals surface area (Å²) >= 11 is 1.55. The number of nitrogens with zero attached hydrogens (tertiary/aromatic N) is 2. The van der Waals surface area contributed by atoms with Crippen LogP contribution in [0.3, 0.4) is 0 Å². The molecule has 0 aromatic heterocycles. The summed E-state index contributed by atoms with van der Waals surface area (Å²) in [6.07, 6.45) is 2.33. The van der Waals surface area contributed by atoms with E-state index in [9.17, 15) is 34.6 Å². The highest BCUT2D eigenvalue weighted by atomic mass is 32.2. The van der Waals surface area contributed by atoms with Crippen molar-refractivity contribution in [2.24, 2.45) is 0 Å². The molecule has 0 aliphatic rings. The van der Waals surface area contributed by atoms with Crippen LogP contribution in [-0.2, 0) is 9.53 Å². The number of carboxylic acid groups (broad SMARTS) is 1. The Hall–Kier alpha value is -5.56. The van der Waals surface area contributed by atoms with Crippen LogP contribution in [0.5, 0.6) is 0 Å². The van der Waals surface area contributed by atoms with Crippen molar-refractivity contribution in [3.8, 4) is 22.3 Å². The van der Waals surface area contributed by atoms with Crippen molar-refractivity contribution in [3.63, 3.8) is 0 Å². The number of aromatic carboxylic acids is 1. The number of nitrogens with one attached hydrogen (secondary N) is 1. The molecule has 45 heavy (non-hydrogen) atoms. The van der Waals surface area contributed by atoms with E-state index in [1.165, 1.54) is 43.5 Å². The zero-order valence-electron chi connectivity index (χ0n) is 24.2. The van der Waals surface area contributed by atoms with Gasteiger partial charge in [-0.3, -0.25) is 25.0 Å². The van der Waals surface area contributed by atoms with Gasteiger partial charge >= 0.3 is 11.9 Å². The van der Waals surface area contributed by atoms with Gasteiger partial charge in [0.05, 0.1) is 22.5 Å². The Labute approximate surface area is 262 Å². The number of nitro groups is 2. The fraction of sp³-hybridized carbons (Fsp3) is 0.156. The van der Waals surface area contributed by atoms with Gasteiger partial charge in [-0.2, -0.15) is 11.8 Å². The number of non-ortho nitro benzene ring substituents is 2. The fourth-order valence-corrected chi connectivity index (χ4v) is 4.72. The van der Waals surface area contributed by atoms with E-state index in [0.717, 1.165) is 0 Å². The van der Waals surface area contributed by atoms with E-state index in [1.54, 1.807) is 66.4 Å². The van der Waals surface area contributed by atoms with Crippen molar-refractivity contribution >= 4 is 41.0 Å². The van der Waals surface area contributed by atoms with E-state index < -0.39 is 33.7 Å². The highest BCUT2D eigenvalue weighted by molar-refractivity contribution is 7.98. The molecule has 4 aromatic rings. The number of carboxylic acids is 1. The molecule has 12 nitrogen and oxygen atoms in total. The van der Waals surface area contributed by atoms with Gasteiger partial charge in [-0.1, -0.05) is 60.7 Å². The van der Waals surface area contributed by atoms with Crippen LogP contribution < -0.4 is 5.32 Å². The smallest absolute Gasteiger partial charge is 0.336 e. The first-order valence-corrected chi connectivity index (χ1v) is 14.7. The molecule has 0 heterocycles. The van der Waals surface area contributed by atoms with Crippen LogP contribution in [0.15, 0.2) is 97.1 Å². The summed E-state index contributed by atoms with van der Waals surface area (Å²) < 4.78 is 4.76. The lowest BCUT2D eigenvalue weighted by molar-refractivity contribution is -0.385. The predicted octanol–water partition coefficient (Wildman–Crippen LogP) is 6.25. The number of amides is 1. The second kappa shape index (κ2) is 16.3. The summed E-state index contributed by atoms with van der Waals surface area (Å²) in [5, 5.41) is 33.6. The van der Waals surface area contributed by atoms with Gasteiger partial charge in [-0.05, 0) is 41.7 Å². The largest absolute Gasteiger partial charge is 0.478 e. The number of ether oxygens (including phenoxy) is 1. The Kier molecular flexibility index (Phi) is 12.3. The molecule has 1 amide bonds. The van der Waals surface area contributed by atoms with E-state index in [4.69, 9.17) is 9.84 Å². The summed E-state index contributed by atoms with van der Waals surface area (Å²) in [6, 6.07) is 24.6. The topological polar surface area (TPSA) is 179 Å². The lowest BCUT2D eigenvalue weighted by Crippen LogP contribution is -2.42. The molecule has 1 unspecified atom stereocenters. The zero-order chi connectivity index (χ0) is 32.9. The molecule has 0 saturated heterocycles. The maximum absolute atomic E-state index is 12.8. The molecular weight excluding hydrogens is 602 g/mol. The van der Waals surface area contributed by atoms with Gasteiger partial charge in [0, 0.05) is 41.0 Å². The number of carbonyl (C=O) groups excluding carboxylic acids is 2. The molecule has 0 spiro atoms. The number of hydrogen-bond acceptors (Lipinski definition) is 9. The van der Waals surface area contributed by atoms with Gasteiger partial charge in [0.2, 0.25) is 0 Å². The molecule has 0 radical (unpaired) electrons. The summed E-state index contributed by atoms with van der Waals surface area (Å²) in [6.45, 7) is 0. The van der Waals surface area contributed by atoms with Crippen LogP contribution in [-0.4, -0.2) is 58.0 Å². The molecule has 0 aliphatic heterocycles. The zero-order valence-corrected chi connectivity index (χ0v) is 25.1. The lowest BCUT2D eigenvalue weighted by atomic mass is 9.98. The number of hydrogen-bond donors (Lipinski definition) is 2. The van der Waals surface area contributed by atoms with Gasteiger partial charge in [0.25, 0.3) is 17.3 Å². The fourth-order valence-electron chi connectivity index (χ4n) is 4.25. The summed E-state index contributed by atoms with van der Waals surface area (Å²) in [4.78, 5) is 56.7. The third kappa shape index (κ3) is 9.21. The highest BCUT2D eigenvalue weighted by Gasteiger charge is 2.24. The Balaban J connectivity index is 0.000000265. The molecule has 0 fully saturated rings. The molecule has 1 atom stereocenters. The summed E-state index contributed by atoms with van der Waals surface area (Å²) in [5.74, 6) is -1.45. The molecule has 2 N–H and O–H groups in total. The minimum atomic E-state index is -1.11. The van der Waals surface area contributed by atoms with E-state index >= 15 is 0 Å². The Morgan fingerprint density at radius 3 is 1.69 bits per heavy atom. The third-order valence-corrected chi connectivity index (χ3v) is 7.12. The van der Waals surface area contributed by atoms with Crippen molar-refractivity contribution in [1.82, 2.24) is 5.32 Å². The molecular formula is C32H29N3O9S. The van der Waals surface area contributed by atoms with Crippen LogP contribution in [0.4, 0.5) is 11.4 Å². The standard InChI is InChI=1S/C19H20N2O5S.C13H9NO4/c1-26-19(23)17(10-11-27-2)20-18(22)15-9-8-14(21(24)25)12-16(15)13-6-4-3-5-7-13;15-13(16)11-7-6-10(14(17)18)8-12(11)9-4-2-1-3-5-9/h3-9,12,17H,10-11H2,1-2H3,(H,20,22);1-8H,(H,15,16). The maximum atomic E-state index is 12.8. The van der Waals surface area contributed by atoms with Crippen LogP contribution in [0, 0.1) is 20.2 Å². The van der Waals surface area contributed by atoms with Gasteiger partial charge in [-0.25, -0.2) is 9.59 Å². The highest BCUT2D eigenvalue weighted by Crippen LogP contribution is 2.29. The maximum Gasteiger partial charge on any atom is 0.336 e. The minimum Gasteiger partial charge on any atom is -0.478 e. The van der Waals surface area contributed by atoms with Crippen LogP contribution in [0.25, 0.3) is 22.3 Å². The van der Waals surface area contributed by atoms with E-state index in [0.29, 0.717) is 34.4 Å². The van der Waals surface area contributed by atoms with E-state index in [-0.39, 0.29) is 22.5 Å². The Morgan fingerprint density at radius 1 is 0.800 bits per heavy atom. The second-order valence-electron chi connectivity index (χ2n) is 9.34. The number of benzene rings is 4. The third-order valence-electron chi connectivity index (χ3n) is 6.47.